The predicted octanol–water partition coefficient (Wildman–Crippen LogP) is 3.70. The number of rotatable bonds is 6. The summed E-state index contributed by atoms with van der Waals surface area (Å²) in [5, 5.41) is 16.5. The molecule has 0 unspecified atom stereocenters. The minimum atomic E-state index is -0.550. The van der Waals surface area contributed by atoms with Crippen LogP contribution < -0.4 is 15.4 Å². The quantitative estimate of drug-likeness (QED) is 0.612. The van der Waals surface area contributed by atoms with Crippen LogP contribution in [-0.4, -0.2) is 24.0 Å². The van der Waals surface area contributed by atoms with Gasteiger partial charge in [0, 0.05) is 17.8 Å². The molecule has 0 aliphatic carbocycles. The molecule has 0 radical (unpaired) electrons. The Balaban J connectivity index is 2.01. The first-order valence-electron chi connectivity index (χ1n) is 7.06. The molecular formula is C16H16ClN3O4. The Morgan fingerprint density at radius 2 is 1.92 bits per heavy atom. The molecule has 2 rings (SSSR count). The summed E-state index contributed by atoms with van der Waals surface area (Å²) >= 11 is 5.96. The van der Waals surface area contributed by atoms with E-state index in [2.05, 4.69) is 10.6 Å². The van der Waals surface area contributed by atoms with Crippen LogP contribution in [0, 0.1) is 10.1 Å². The third-order valence-electron chi connectivity index (χ3n) is 3.29. The number of amides is 1. The van der Waals surface area contributed by atoms with Crippen molar-refractivity contribution in [1.82, 2.24) is 0 Å². The van der Waals surface area contributed by atoms with E-state index >= 15 is 0 Å². The van der Waals surface area contributed by atoms with E-state index in [-0.39, 0.29) is 16.6 Å². The van der Waals surface area contributed by atoms with Crippen LogP contribution in [0.15, 0.2) is 42.5 Å². The van der Waals surface area contributed by atoms with Gasteiger partial charge in [-0.1, -0.05) is 11.6 Å². The Hall–Kier alpha value is -2.80. The number of non-ortho nitro benzene ring substituents is 1. The van der Waals surface area contributed by atoms with Gasteiger partial charge in [-0.15, -0.1) is 0 Å². The minimum Gasteiger partial charge on any atom is -0.497 e. The monoisotopic (exact) mass is 349 g/mol. The summed E-state index contributed by atoms with van der Waals surface area (Å²) in [5.74, 6) is 0.400. The number of nitro groups is 1. The molecule has 2 aromatic carbocycles. The SMILES string of the molecule is COc1ccc(N[C@@H](C)C(=O)Nc2ccc([N+](=O)[O-])cc2Cl)cc1. The van der Waals surface area contributed by atoms with Crippen LogP contribution in [0.5, 0.6) is 5.75 Å². The van der Waals surface area contributed by atoms with Crippen molar-refractivity contribution in [1.29, 1.82) is 0 Å². The van der Waals surface area contributed by atoms with Crippen molar-refractivity contribution in [3.63, 3.8) is 0 Å². The van der Waals surface area contributed by atoms with Gasteiger partial charge >= 0.3 is 0 Å². The van der Waals surface area contributed by atoms with E-state index in [0.717, 1.165) is 11.4 Å². The van der Waals surface area contributed by atoms with Gasteiger partial charge in [0.2, 0.25) is 5.91 Å². The molecule has 0 fully saturated rings. The zero-order chi connectivity index (χ0) is 17.7. The fourth-order valence-electron chi connectivity index (χ4n) is 1.96. The van der Waals surface area contributed by atoms with Gasteiger partial charge < -0.3 is 15.4 Å². The number of hydrogen-bond acceptors (Lipinski definition) is 5. The van der Waals surface area contributed by atoms with E-state index in [4.69, 9.17) is 16.3 Å². The summed E-state index contributed by atoms with van der Waals surface area (Å²) in [4.78, 5) is 22.4. The molecule has 0 spiro atoms. The summed E-state index contributed by atoms with van der Waals surface area (Å²) in [6, 6.07) is 10.5. The summed E-state index contributed by atoms with van der Waals surface area (Å²) < 4.78 is 5.07. The van der Waals surface area contributed by atoms with Crippen molar-refractivity contribution in [2.24, 2.45) is 0 Å². The van der Waals surface area contributed by atoms with Gasteiger partial charge in [0.15, 0.2) is 0 Å². The maximum atomic E-state index is 12.2. The van der Waals surface area contributed by atoms with Crippen molar-refractivity contribution in [2.45, 2.75) is 13.0 Å². The topological polar surface area (TPSA) is 93.5 Å². The molecule has 0 aromatic heterocycles. The molecule has 0 aliphatic heterocycles. The molecule has 0 heterocycles. The average molecular weight is 350 g/mol. The van der Waals surface area contributed by atoms with Gasteiger partial charge in [0.25, 0.3) is 5.69 Å². The van der Waals surface area contributed by atoms with E-state index in [1.54, 1.807) is 38.3 Å². The van der Waals surface area contributed by atoms with Gasteiger partial charge in [-0.05, 0) is 37.3 Å². The molecular weight excluding hydrogens is 334 g/mol. The van der Waals surface area contributed by atoms with Crippen molar-refractivity contribution >= 4 is 34.6 Å². The number of carbonyl (C=O) groups is 1. The number of nitrogens with zero attached hydrogens (tertiary/aromatic N) is 1. The Bertz CT molecular complexity index is 749. The van der Waals surface area contributed by atoms with Gasteiger partial charge in [0.05, 0.1) is 22.7 Å². The van der Waals surface area contributed by atoms with E-state index in [0.29, 0.717) is 5.69 Å². The van der Waals surface area contributed by atoms with Crippen molar-refractivity contribution in [3.8, 4) is 5.75 Å². The number of methoxy groups -OCH3 is 1. The van der Waals surface area contributed by atoms with Gasteiger partial charge in [-0.25, -0.2) is 0 Å². The Morgan fingerprint density at radius 3 is 2.46 bits per heavy atom. The van der Waals surface area contributed by atoms with E-state index < -0.39 is 11.0 Å². The van der Waals surface area contributed by atoms with Crippen LogP contribution in [0.25, 0.3) is 0 Å². The second-order valence-electron chi connectivity index (χ2n) is 5.01. The Kier molecular flexibility index (Phi) is 5.59. The van der Waals surface area contributed by atoms with Crippen LogP contribution in [0.3, 0.4) is 0 Å². The number of nitro benzene ring substituents is 1. The lowest BCUT2D eigenvalue weighted by molar-refractivity contribution is -0.384. The Labute approximate surface area is 143 Å². The standard InChI is InChI=1S/C16H16ClN3O4/c1-10(18-11-3-6-13(24-2)7-4-11)16(21)19-15-8-5-12(20(22)23)9-14(15)17/h3-10,18H,1-2H3,(H,19,21)/t10-/m0/s1. The number of nitrogens with one attached hydrogen (secondary N) is 2. The van der Waals surface area contributed by atoms with Crippen LogP contribution in [0.1, 0.15) is 6.92 Å². The lowest BCUT2D eigenvalue weighted by Crippen LogP contribution is -2.31. The van der Waals surface area contributed by atoms with E-state index in [1.807, 2.05) is 0 Å². The highest BCUT2D eigenvalue weighted by Gasteiger charge is 2.16. The first kappa shape index (κ1) is 17.6. The second-order valence-corrected chi connectivity index (χ2v) is 5.41. The highest BCUT2D eigenvalue weighted by molar-refractivity contribution is 6.34. The van der Waals surface area contributed by atoms with Gasteiger partial charge in [-0.2, -0.15) is 0 Å². The van der Waals surface area contributed by atoms with Crippen LogP contribution in [0.2, 0.25) is 5.02 Å². The predicted molar refractivity (Wildman–Crippen MR) is 92.8 cm³/mol. The normalized spacial score (nSPS) is 11.5. The lowest BCUT2D eigenvalue weighted by Gasteiger charge is -2.16. The molecule has 1 atom stereocenters. The first-order valence-corrected chi connectivity index (χ1v) is 7.44. The molecule has 2 aromatic rings. The molecule has 0 saturated carbocycles. The van der Waals surface area contributed by atoms with Crippen LogP contribution >= 0.6 is 11.6 Å². The highest BCUT2D eigenvalue weighted by Crippen LogP contribution is 2.26. The lowest BCUT2D eigenvalue weighted by atomic mass is 10.2. The zero-order valence-corrected chi connectivity index (χ0v) is 13.8. The maximum absolute atomic E-state index is 12.2. The number of benzene rings is 2. The molecule has 1 amide bonds. The molecule has 7 nitrogen and oxygen atoms in total. The third-order valence-corrected chi connectivity index (χ3v) is 3.60. The van der Waals surface area contributed by atoms with Crippen molar-refractivity contribution < 1.29 is 14.5 Å². The number of anilines is 2. The van der Waals surface area contributed by atoms with Crippen LogP contribution in [-0.2, 0) is 4.79 Å². The summed E-state index contributed by atoms with van der Waals surface area (Å²) in [6.07, 6.45) is 0. The average Bonchev–Trinajstić information content (AvgIpc) is 2.57. The highest BCUT2D eigenvalue weighted by atomic mass is 35.5. The minimum absolute atomic E-state index is 0.106. The smallest absolute Gasteiger partial charge is 0.271 e. The second kappa shape index (κ2) is 7.65. The Morgan fingerprint density at radius 1 is 1.25 bits per heavy atom. The molecule has 24 heavy (non-hydrogen) atoms. The fraction of sp³-hybridized carbons (Fsp3) is 0.188. The van der Waals surface area contributed by atoms with Gasteiger partial charge in [0.1, 0.15) is 11.8 Å². The van der Waals surface area contributed by atoms with Gasteiger partial charge in [-0.3, -0.25) is 14.9 Å². The summed E-state index contributed by atoms with van der Waals surface area (Å²) in [5.41, 5.74) is 0.936. The number of halogens is 1. The maximum Gasteiger partial charge on any atom is 0.271 e. The summed E-state index contributed by atoms with van der Waals surface area (Å²) in [7, 11) is 1.58. The molecule has 8 heteroatoms. The van der Waals surface area contributed by atoms with Crippen molar-refractivity contribution in [3.05, 3.63) is 57.6 Å². The van der Waals surface area contributed by atoms with Crippen molar-refractivity contribution in [2.75, 3.05) is 17.7 Å². The molecule has 0 saturated heterocycles. The molecule has 0 bridgehead atoms. The third kappa shape index (κ3) is 4.36. The molecule has 2 N–H and O–H groups in total. The number of ether oxygens (including phenoxy) is 1. The molecule has 126 valence electrons. The number of hydrogen-bond donors (Lipinski definition) is 2. The van der Waals surface area contributed by atoms with Crippen LogP contribution in [0.4, 0.5) is 17.1 Å². The largest absolute Gasteiger partial charge is 0.497 e. The molecule has 0 aliphatic rings. The zero-order valence-electron chi connectivity index (χ0n) is 13.1. The number of carbonyl (C=O) groups excluding carboxylic acids is 1. The van der Waals surface area contributed by atoms with E-state index in [9.17, 15) is 14.9 Å². The van der Waals surface area contributed by atoms with E-state index in [1.165, 1.54) is 18.2 Å². The first-order chi connectivity index (χ1) is 11.4. The summed E-state index contributed by atoms with van der Waals surface area (Å²) in [6.45, 7) is 1.69. The fourth-order valence-corrected chi connectivity index (χ4v) is 2.18.